The zero-order valence-electron chi connectivity index (χ0n) is 12.4. The number of hydrogen-bond donors (Lipinski definition) is 3. The number of carbonyl (C=O) groups is 2. The molecule has 0 bridgehead atoms. The molecule has 1 aliphatic rings. The maximum atomic E-state index is 11.3. The molecule has 0 radical (unpaired) electrons. The van der Waals surface area contributed by atoms with E-state index < -0.39 is 18.1 Å². The summed E-state index contributed by atoms with van der Waals surface area (Å²) in [5.41, 5.74) is 0.935. The minimum Gasteiger partial charge on any atom is -0.481 e. The van der Waals surface area contributed by atoms with E-state index in [1.807, 2.05) is 37.3 Å². The van der Waals surface area contributed by atoms with E-state index in [-0.39, 0.29) is 11.3 Å². The van der Waals surface area contributed by atoms with Crippen LogP contribution in [0.25, 0.3) is 0 Å². The summed E-state index contributed by atoms with van der Waals surface area (Å²) in [6.07, 6.45) is -4.41. The summed E-state index contributed by atoms with van der Waals surface area (Å²) in [5, 5.41) is 19.6. The lowest BCUT2D eigenvalue weighted by Crippen LogP contribution is -2.62. The third-order valence-electron chi connectivity index (χ3n) is 3.85. The molecule has 1 saturated heterocycles. The first-order valence-electron chi connectivity index (χ1n) is 6.94. The standard InChI is InChI=1S/C13H17NO2.C2HF3O2/c1-2-11(12(15)16)13(8-14-9-13)10-6-4-3-5-7-10;3-2(4,5)1(6)7/h3-7,11,14H,2,8-9H2,1H3,(H,15,16);(H,6,7). The second-order valence-electron chi connectivity index (χ2n) is 5.23. The van der Waals surface area contributed by atoms with E-state index in [1.54, 1.807) is 0 Å². The lowest BCUT2D eigenvalue weighted by molar-refractivity contribution is -0.192. The van der Waals surface area contributed by atoms with Crippen molar-refractivity contribution in [1.29, 1.82) is 0 Å². The number of alkyl halides is 3. The number of hydrogen-bond acceptors (Lipinski definition) is 3. The number of nitrogens with one attached hydrogen (secondary N) is 1. The van der Waals surface area contributed by atoms with Gasteiger partial charge in [-0.05, 0) is 12.0 Å². The van der Waals surface area contributed by atoms with Crippen LogP contribution in [0, 0.1) is 5.92 Å². The van der Waals surface area contributed by atoms with E-state index in [2.05, 4.69) is 5.32 Å². The van der Waals surface area contributed by atoms with Gasteiger partial charge in [0.1, 0.15) is 0 Å². The van der Waals surface area contributed by atoms with Crippen LogP contribution < -0.4 is 5.32 Å². The number of benzene rings is 1. The van der Waals surface area contributed by atoms with Crippen LogP contribution in [-0.4, -0.2) is 41.4 Å². The maximum Gasteiger partial charge on any atom is 0.490 e. The SMILES string of the molecule is CCC(C(=O)O)C1(c2ccccc2)CNC1.O=C(O)C(F)(F)F. The van der Waals surface area contributed by atoms with E-state index in [0.717, 1.165) is 18.7 Å². The summed E-state index contributed by atoms with van der Waals surface area (Å²) in [6.45, 7) is 3.48. The highest BCUT2D eigenvalue weighted by Gasteiger charge is 2.48. The summed E-state index contributed by atoms with van der Waals surface area (Å²) in [4.78, 5) is 20.2. The lowest BCUT2D eigenvalue weighted by atomic mass is 9.65. The molecule has 0 saturated carbocycles. The van der Waals surface area contributed by atoms with Crippen LogP contribution in [-0.2, 0) is 15.0 Å². The molecule has 0 aromatic heterocycles. The van der Waals surface area contributed by atoms with Crippen LogP contribution in [0.5, 0.6) is 0 Å². The zero-order chi connectivity index (χ0) is 17.7. The number of aliphatic carboxylic acids is 2. The molecule has 5 nitrogen and oxygen atoms in total. The Hall–Kier alpha value is -2.09. The van der Waals surface area contributed by atoms with Crippen molar-refractivity contribution >= 4 is 11.9 Å². The van der Waals surface area contributed by atoms with Gasteiger partial charge in [0.25, 0.3) is 0 Å². The van der Waals surface area contributed by atoms with Crippen molar-refractivity contribution in [3.05, 3.63) is 35.9 Å². The summed E-state index contributed by atoms with van der Waals surface area (Å²) >= 11 is 0. The average Bonchev–Trinajstić information content (AvgIpc) is 2.42. The van der Waals surface area contributed by atoms with Gasteiger partial charge in [-0.3, -0.25) is 4.79 Å². The molecule has 1 aromatic carbocycles. The Kier molecular flexibility index (Phi) is 6.14. The van der Waals surface area contributed by atoms with Gasteiger partial charge < -0.3 is 15.5 Å². The molecular formula is C15H18F3NO4. The highest BCUT2D eigenvalue weighted by atomic mass is 19.4. The van der Waals surface area contributed by atoms with E-state index in [1.165, 1.54) is 0 Å². The van der Waals surface area contributed by atoms with Gasteiger partial charge in [-0.15, -0.1) is 0 Å². The second-order valence-corrected chi connectivity index (χ2v) is 5.23. The van der Waals surface area contributed by atoms with Crippen LogP contribution in [0.3, 0.4) is 0 Å². The maximum absolute atomic E-state index is 11.3. The van der Waals surface area contributed by atoms with E-state index in [0.29, 0.717) is 6.42 Å². The fourth-order valence-electron chi connectivity index (χ4n) is 2.62. The molecular weight excluding hydrogens is 315 g/mol. The van der Waals surface area contributed by atoms with Crippen molar-refractivity contribution in [3.8, 4) is 0 Å². The predicted octanol–water partition coefficient (Wildman–Crippen LogP) is 2.27. The molecule has 1 aliphatic heterocycles. The van der Waals surface area contributed by atoms with E-state index in [4.69, 9.17) is 9.90 Å². The van der Waals surface area contributed by atoms with Crippen LogP contribution in [0.15, 0.2) is 30.3 Å². The molecule has 128 valence electrons. The fraction of sp³-hybridized carbons (Fsp3) is 0.467. The number of halogens is 3. The smallest absolute Gasteiger partial charge is 0.481 e. The molecule has 0 spiro atoms. The summed E-state index contributed by atoms with van der Waals surface area (Å²) in [5.74, 6) is -3.74. The van der Waals surface area contributed by atoms with Crippen molar-refractivity contribution in [3.63, 3.8) is 0 Å². The van der Waals surface area contributed by atoms with Gasteiger partial charge in [0.2, 0.25) is 0 Å². The molecule has 3 N–H and O–H groups in total. The van der Waals surface area contributed by atoms with Crippen molar-refractivity contribution in [2.45, 2.75) is 24.9 Å². The van der Waals surface area contributed by atoms with Gasteiger partial charge in [0, 0.05) is 18.5 Å². The molecule has 23 heavy (non-hydrogen) atoms. The first-order valence-corrected chi connectivity index (χ1v) is 6.94. The molecule has 2 rings (SSSR count). The van der Waals surface area contributed by atoms with Crippen LogP contribution in [0.1, 0.15) is 18.9 Å². The number of rotatable bonds is 4. The van der Waals surface area contributed by atoms with Crippen LogP contribution in [0.4, 0.5) is 13.2 Å². The minimum atomic E-state index is -5.08. The van der Waals surface area contributed by atoms with Crippen LogP contribution >= 0.6 is 0 Å². The van der Waals surface area contributed by atoms with Crippen molar-refractivity contribution in [2.75, 3.05) is 13.1 Å². The average molecular weight is 333 g/mol. The Balaban J connectivity index is 0.000000322. The normalized spacial score (nSPS) is 17.2. The predicted molar refractivity (Wildman–Crippen MR) is 76.1 cm³/mol. The quantitative estimate of drug-likeness (QED) is 0.787. The molecule has 1 atom stereocenters. The third-order valence-corrected chi connectivity index (χ3v) is 3.85. The zero-order valence-corrected chi connectivity index (χ0v) is 12.4. The molecule has 0 aliphatic carbocycles. The largest absolute Gasteiger partial charge is 0.490 e. The van der Waals surface area contributed by atoms with Gasteiger partial charge in [-0.25, -0.2) is 4.79 Å². The molecule has 1 unspecified atom stereocenters. The van der Waals surface area contributed by atoms with Gasteiger partial charge in [0.05, 0.1) is 5.92 Å². The van der Waals surface area contributed by atoms with Gasteiger partial charge in [0.15, 0.2) is 0 Å². The molecule has 0 amide bonds. The lowest BCUT2D eigenvalue weighted by Gasteiger charge is -2.47. The topological polar surface area (TPSA) is 86.6 Å². The van der Waals surface area contributed by atoms with Crippen molar-refractivity contribution < 1.29 is 33.0 Å². The Morgan fingerprint density at radius 3 is 1.96 bits per heavy atom. The van der Waals surface area contributed by atoms with Crippen molar-refractivity contribution in [2.24, 2.45) is 5.92 Å². The summed E-state index contributed by atoms with van der Waals surface area (Å²) < 4.78 is 31.7. The third kappa shape index (κ3) is 4.44. The van der Waals surface area contributed by atoms with E-state index in [9.17, 15) is 23.1 Å². The summed E-state index contributed by atoms with van der Waals surface area (Å²) in [6, 6.07) is 9.98. The Morgan fingerprint density at radius 1 is 1.22 bits per heavy atom. The first-order chi connectivity index (χ1) is 10.6. The van der Waals surface area contributed by atoms with Crippen molar-refractivity contribution in [1.82, 2.24) is 5.32 Å². The summed E-state index contributed by atoms with van der Waals surface area (Å²) in [7, 11) is 0. The highest BCUT2D eigenvalue weighted by molar-refractivity contribution is 5.73. The highest BCUT2D eigenvalue weighted by Crippen LogP contribution is 2.38. The first kappa shape index (κ1) is 19.0. The van der Waals surface area contributed by atoms with Gasteiger partial charge >= 0.3 is 18.1 Å². The van der Waals surface area contributed by atoms with Crippen LogP contribution in [0.2, 0.25) is 0 Å². The Bertz CT molecular complexity index is 541. The number of carboxylic acid groups (broad SMARTS) is 2. The fourth-order valence-corrected chi connectivity index (χ4v) is 2.62. The molecule has 8 heteroatoms. The Morgan fingerprint density at radius 2 is 1.70 bits per heavy atom. The Labute approximate surface area is 131 Å². The molecule has 1 aromatic rings. The van der Waals surface area contributed by atoms with E-state index >= 15 is 0 Å². The molecule has 1 heterocycles. The monoisotopic (exact) mass is 333 g/mol. The van der Waals surface area contributed by atoms with Gasteiger partial charge in [-0.2, -0.15) is 13.2 Å². The minimum absolute atomic E-state index is 0.207. The van der Waals surface area contributed by atoms with Gasteiger partial charge in [-0.1, -0.05) is 37.3 Å². The second kappa shape index (κ2) is 7.45. The molecule has 1 fully saturated rings. The number of carboxylic acids is 2.